The van der Waals surface area contributed by atoms with Crippen LogP contribution in [0.4, 0.5) is 0 Å². The molecule has 0 bridgehead atoms. The Morgan fingerprint density at radius 2 is 1.04 bits per heavy atom. The molecular weight excluding hydrogens is 292 g/mol. The number of rotatable bonds is 0. The molecule has 0 N–H and O–H groups in total. The van der Waals surface area contributed by atoms with Crippen LogP contribution >= 0.6 is 0 Å². The lowest BCUT2D eigenvalue weighted by Gasteiger charge is -2.17. The molecule has 0 spiro atoms. The first-order valence-corrected chi connectivity index (χ1v) is 9.02. The summed E-state index contributed by atoms with van der Waals surface area (Å²) >= 11 is 0. The molecular formula is C22H38N2. The summed E-state index contributed by atoms with van der Waals surface area (Å²) in [5.41, 5.74) is 3.11. The smallest absolute Gasteiger partial charge is 0.0305 e. The highest BCUT2D eigenvalue weighted by molar-refractivity contribution is 5.19. The first-order chi connectivity index (χ1) is 11.2. The van der Waals surface area contributed by atoms with Gasteiger partial charge in [0.15, 0.2) is 0 Å². The van der Waals surface area contributed by atoms with E-state index in [1.165, 1.54) is 11.1 Å². The number of aromatic nitrogens is 2. The molecule has 0 atom stereocenters. The van der Waals surface area contributed by atoms with Crippen LogP contribution in [0.2, 0.25) is 0 Å². The van der Waals surface area contributed by atoms with Gasteiger partial charge in [0.05, 0.1) is 0 Å². The van der Waals surface area contributed by atoms with Gasteiger partial charge in [-0.25, -0.2) is 0 Å². The van der Waals surface area contributed by atoms with Gasteiger partial charge in [0.2, 0.25) is 0 Å². The van der Waals surface area contributed by atoms with Gasteiger partial charge in [-0.2, -0.15) is 0 Å². The molecule has 2 rings (SSSR count). The average Bonchev–Trinajstić information content (AvgIpc) is 2.59. The second kappa shape index (κ2) is 12.7. The van der Waals surface area contributed by atoms with E-state index >= 15 is 0 Å². The molecule has 0 saturated heterocycles. The van der Waals surface area contributed by atoms with Crippen LogP contribution in [0.25, 0.3) is 0 Å². The van der Waals surface area contributed by atoms with Crippen molar-refractivity contribution in [2.24, 2.45) is 0 Å². The van der Waals surface area contributed by atoms with Crippen molar-refractivity contribution in [3.05, 3.63) is 60.2 Å². The Hall–Kier alpha value is -1.70. The number of hydrogen-bond donors (Lipinski definition) is 0. The van der Waals surface area contributed by atoms with Crippen LogP contribution in [0.1, 0.15) is 80.4 Å². The fraction of sp³-hybridized carbons (Fsp3) is 0.545. The SMILES string of the molecule is CC.CC.CC(C)(C)c1cccnc1.CC(C)(C)c1ccncc1. The van der Waals surface area contributed by atoms with Crippen molar-refractivity contribution in [2.45, 2.75) is 80.1 Å². The van der Waals surface area contributed by atoms with Crippen LogP contribution in [0.5, 0.6) is 0 Å². The molecule has 24 heavy (non-hydrogen) atoms. The van der Waals surface area contributed by atoms with Gasteiger partial charge in [0.25, 0.3) is 0 Å². The van der Waals surface area contributed by atoms with Gasteiger partial charge >= 0.3 is 0 Å². The fourth-order valence-electron chi connectivity index (χ4n) is 1.66. The number of hydrogen-bond acceptors (Lipinski definition) is 2. The number of nitrogens with zero attached hydrogens (tertiary/aromatic N) is 2. The summed E-state index contributed by atoms with van der Waals surface area (Å²) in [5.74, 6) is 0. The van der Waals surface area contributed by atoms with Crippen molar-refractivity contribution in [3.8, 4) is 0 Å². The second-order valence-corrected chi connectivity index (χ2v) is 6.98. The Balaban J connectivity index is 0. The molecule has 0 aliphatic carbocycles. The van der Waals surface area contributed by atoms with E-state index in [1.54, 1.807) is 6.20 Å². The minimum atomic E-state index is 0.230. The summed E-state index contributed by atoms with van der Waals surface area (Å²) in [4.78, 5) is 8.01. The average molecular weight is 331 g/mol. The van der Waals surface area contributed by atoms with E-state index in [9.17, 15) is 0 Å². The molecule has 2 nitrogen and oxygen atoms in total. The van der Waals surface area contributed by atoms with Gasteiger partial charge in [0.1, 0.15) is 0 Å². The van der Waals surface area contributed by atoms with E-state index in [4.69, 9.17) is 0 Å². The molecule has 2 aromatic rings. The molecule has 0 aliphatic heterocycles. The summed E-state index contributed by atoms with van der Waals surface area (Å²) in [6, 6.07) is 8.19. The zero-order chi connectivity index (χ0) is 19.2. The normalized spacial score (nSPS) is 10.1. The first kappa shape index (κ1) is 24.6. The topological polar surface area (TPSA) is 25.8 Å². The zero-order valence-corrected chi connectivity index (χ0v) is 17.5. The summed E-state index contributed by atoms with van der Waals surface area (Å²) in [5, 5.41) is 0. The highest BCUT2D eigenvalue weighted by atomic mass is 14.6. The van der Waals surface area contributed by atoms with Crippen LogP contribution in [0.3, 0.4) is 0 Å². The third kappa shape index (κ3) is 10.9. The van der Waals surface area contributed by atoms with Crippen molar-refractivity contribution in [1.29, 1.82) is 0 Å². The van der Waals surface area contributed by atoms with Gasteiger partial charge in [-0.15, -0.1) is 0 Å². The van der Waals surface area contributed by atoms with Crippen LogP contribution in [-0.4, -0.2) is 9.97 Å². The van der Waals surface area contributed by atoms with E-state index in [2.05, 4.69) is 69.7 Å². The third-order valence-electron chi connectivity index (χ3n) is 3.07. The quantitative estimate of drug-likeness (QED) is 0.530. The molecule has 2 heteroatoms. The highest BCUT2D eigenvalue weighted by Crippen LogP contribution is 2.20. The van der Waals surface area contributed by atoms with E-state index in [0.29, 0.717) is 0 Å². The molecule has 2 heterocycles. The van der Waals surface area contributed by atoms with Crippen LogP contribution in [0.15, 0.2) is 49.1 Å². The molecule has 0 saturated carbocycles. The summed E-state index contributed by atoms with van der Waals surface area (Å²) in [6.45, 7) is 21.1. The Morgan fingerprint density at radius 3 is 1.29 bits per heavy atom. The standard InChI is InChI=1S/2C9H13N.2C2H6/c1-9(2,3)8-4-6-10-7-5-8;1-9(2,3)8-5-4-6-10-7-8;2*1-2/h2*4-7H,1-3H3;2*1-2H3. The minimum absolute atomic E-state index is 0.230. The Labute approximate surface area is 150 Å². The van der Waals surface area contributed by atoms with E-state index in [1.807, 2.05) is 52.4 Å². The van der Waals surface area contributed by atoms with E-state index < -0.39 is 0 Å². The monoisotopic (exact) mass is 330 g/mol. The lowest BCUT2D eigenvalue weighted by molar-refractivity contribution is 0.587. The second-order valence-electron chi connectivity index (χ2n) is 6.98. The van der Waals surface area contributed by atoms with Crippen molar-refractivity contribution >= 4 is 0 Å². The van der Waals surface area contributed by atoms with Crippen molar-refractivity contribution in [2.75, 3.05) is 0 Å². The van der Waals surface area contributed by atoms with E-state index in [0.717, 1.165) is 0 Å². The maximum atomic E-state index is 4.05. The Kier molecular flexibility index (Phi) is 13.0. The maximum Gasteiger partial charge on any atom is 0.0305 e. The molecule has 0 aliphatic rings. The summed E-state index contributed by atoms with van der Waals surface area (Å²) in [6.07, 6.45) is 7.39. The molecule has 0 unspecified atom stereocenters. The van der Waals surface area contributed by atoms with Gasteiger partial charge in [-0.05, 0) is 40.2 Å². The minimum Gasteiger partial charge on any atom is -0.265 e. The van der Waals surface area contributed by atoms with Crippen molar-refractivity contribution < 1.29 is 0 Å². The van der Waals surface area contributed by atoms with Crippen LogP contribution < -0.4 is 0 Å². The molecule has 2 aromatic heterocycles. The lowest BCUT2D eigenvalue weighted by atomic mass is 9.88. The van der Waals surface area contributed by atoms with E-state index in [-0.39, 0.29) is 10.8 Å². The molecule has 136 valence electrons. The molecule has 0 radical (unpaired) electrons. The van der Waals surface area contributed by atoms with Crippen molar-refractivity contribution in [1.82, 2.24) is 9.97 Å². The first-order valence-electron chi connectivity index (χ1n) is 9.02. The van der Waals surface area contributed by atoms with Gasteiger partial charge in [0, 0.05) is 24.8 Å². The fourth-order valence-corrected chi connectivity index (χ4v) is 1.66. The maximum absolute atomic E-state index is 4.05. The number of pyridine rings is 2. The van der Waals surface area contributed by atoms with Gasteiger partial charge in [-0.3, -0.25) is 9.97 Å². The Morgan fingerprint density at radius 1 is 0.583 bits per heavy atom. The third-order valence-corrected chi connectivity index (χ3v) is 3.07. The van der Waals surface area contributed by atoms with Gasteiger partial charge < -0.3 is 0 Å². The largest absolute Gasteiger partial charge is 0.265 e. The summed E-state index contributed by atoms with van der Waals surface area (Å²) < 4.78 is 0. The van der Waals surface area contributed by atoms with Crippen LogP contribution in [0, 0.1) is 0 Å². The van der Waals surface area contributed by atoms with Crippen molar-refractivity contribution in [3.63, 3.8) is 0 Å². The lowest BCUT2D eigenvalue weighted by Crippen LogP contribution is -2.10. The van der Waals surface area contributed by atoms with Gasteiger partial charge in [-0.1, -0.05) is 75.3 Å². The zero-order valence-electron chi connectivity index (χ0n) is 17.5. The predicted molar refractivity (Wildman–Crippen MR) is 109 cm³/mol. The molecule has 0 amide bonds. The molecule has 0 fully saturated rings. The molecule has 0 aromatic carbocycles. The Bertz CT molecular complexity index is 441. The summed E-state index contributed by atoms with van der Waals surface area (Å²) in [7, 11) is 0. The predicted octanol–water partition coefficient (Wildman–Crippen LogP) is 6.81. The highest BCUT2D eigenvalue weighted by Gasteiger charge is 2.12. The van der Waals surface area contributed by atoms with Crippen LogP contribution in [-0.2, 0) is 10.8 Å².